The van der Waals surface area contributed by atoms with Crippen LogP contribution in [0.25, 0.3) is 0 Å². The minimum absolute atomic E-state index is 0.00865. The number of benzene rings is 1. The van der Waals surface area contributed by atoms with Crippen molar-refractivity contribution in [2.24, 2.45) is 0 Å². The Balaban J connectivity index is 2.14. The molecule has 1 aromatic rings. The molecule has 2 rings (SSSR count). The summed E-state index contributed by atoms with van der Waals surface area (Å²) in [5, 5.41) is 0. The van der Waals surface area contributed by atoms with Crippen LogP contribution in [-0.4, -0.2) is 39.0 Å². The fourth-order valence-corrected chi connectivity index (χ4v) is 4.18. The van der Waals surface area contributed by atoms with E-state index < -0.39 is 10.0 Å². The van der Waals surface area contributed by atoms with Crippen LogP contribution < -0.4 is 10.5 Å². The number of piperidine rings is 1. The van der Waals surface area contributed by atoms with Gasteiger partial charge < -0.3 is 10.6 Å². The Labute approximate surface area is 121 Å². The SMILES string of the molecule is CCN1CCCC(NS(=O)(=O)c2ccc(N)cc2C)C1. The third-order valence-electron chi connectivity index (χ3n) is 3.76. The smallest absolute Gasteiger partial charge is 0.241 e. The van der Waals surface area contributed by atoms with E-state index in [9.17, 15) is 8.42 Å². The number of anilines is 1. The molecular formula is C14H23N3O2S. The number of nitrogens with two attached hydrogens (primary N) is 1. The van der Waals surface area contributed by atoms with Gasteiger partial charge in [-0.25, -0.2) is 13.1 Å². The van der Waals surface area contributed by atoms with Gasteiger partial charge in [0, 0.05) is 18.3 Å². The largest absolute Gasteiger partial charge is 0.399 e. The Bertz CT molecular complexity index is 572. The lowest BCUT2D eigenvalue weighted by Crippen LogP contribution is -2.47. The Hall–Kier alpha value is -1.11. The average Bonchev–Trinajstić information content (AvgIpc) is 2.37. The maximum absolute atomic E-state index is 12.5. The highest BCUT2D eigenvalue weighted by atomic mass is 32.2. The first-order valence-corrected chi connectivity index (χ1v) is 8.51. The molecule has 0 spiro atoms. The summed E-state index contributed by atoms with van der Waals surface area (Å²) in [5.74, 6) is 0. The van der Waals surface area contributed by atoms with E-state index in [2.05, 4.69) is 16.5 Å². The zero-order valence-corrected chi connectivity index (χ0v) is 12.9. The second-order valence-corrected chi connectivity index (χ2v) is 7.06. The van der Waals surface area contributed by atoms with Crippen LogP contribution in [0.2, 0.25) is 0 Å². The molecule has 0 radical (unpaired) electrons. The van der Waals surface area contributed by atoms with Crippen LogP contribution in [0, 0.1) is 6.92 Å². The van der Waals surface area contributed by atoms with Crippen molar-refractivity contribution in [3.63, 3.8) is 0 Å². The molecule has 0 amide bonds. The highest BCUT2D eigenvalue weighted by molar-refractivity contribution is 7.89. The maximum atomic E-state index is 12.5. The summed E-state index contributed by atoms with van der Waals surface area (Å²) >= 11 is 0. The summed E-state index contributed by atoms with van der Waals surface area (Å²) in [4.78, 5) is 2.59. The van der Waals surface area contributed by atoms with Crippen molar-refractivity contribution in [3.8, 4) is 0 Å². The summed E-state index contributed by atoms with van der Waals surface area (Å²) in [6, 6.07) is 4.88. The summed E-state index contributed by atoms with van der Waals surface area (Å²) in [7, 11) is -3.47. The van der Waals surface area contributed by atoms with Gasteiger partial charge >= 0.3 is 0 Å². The van der Waals surface area contributed by atoms with Gasteiger partial charge in [0.2, 0.25) is 10.0 Å². The molecule has 1 aromatic carbocycles. The van der Waals surface area contributed by atoms with Crippen molar-refractivity contribution >= 4 is 15.7 Å². The molecule has 0 aliphatic carbocycles. The number of aryl methyl sites for hydroxylation is 1. The average molecular weight is 297 g/mol. The third kappa shape index (κ3) is 3.50. The third-order valence-corrected chi connectivity index (χ3v) is 5.44. The van der Waals surface area contributed by atoms with E-state index in [0.717, 1.165) is 32.5 Å². The van der Waals surface area contributed by atoms with E-state index in [1.165, 1.54) is 0 Å². The van der Waals surface area contributed by atoms with Gasteiger partial charge in [-0.3, -0.25) is 0 Å². The molecule has 1 atom stereocenters. The standard InChI is InChI=1S/C14H23N3O2S/c1-3-17-8-4-5-13(10-17)16-20(18,19)14-7-6-12(15)9-11(14)2/h6-7,9,13,16H,3-5,8,10,15H2,1-2H3. The number of nitrogens with zero attached hydrogens (tertiary/aromatic N) is 1. The van der Waals surface area contributed by atoms with Gasteiger partial charge in [0.1, 0.15) is 0 Å². The molecule has 20 heavy (non-hydrogen) atoms. The minimum Gasteiger partial charge on any atom is -0.399 e. The number of sulfonamides is 1. The van der Waals surface area contributed by atoms with Gasteiger partial charge in [-0.2, -0.15) is 0 Å². The molecule has 6 heteroatoms. The summed E-state index contributed by atoms with van der Waals surface area (Å²) in [5.41, 5.74) is 6.93. The van der Waals surface area contributed by atoms with Gasteiger partial charge in [-0.15, -0.1) is 0 Å². The minimum atomic E-state index is -3.47. The zero-order chi connectivity index (χ0) is 14.8. The normalized spacial score (nSPS) is 21.0. The Morgan fingerprint density at radius 2 is 2.20 bits per heavy atom. The van der Waals surface area contributed by atoms with Gasteiger partial charge in [-0.05, 0) is 56.6 Å². The van der Waals surface area contributed by atoms with Gasteiger partial charge in [0.15, 0.2) is 0 Å². The van der Waals surface area contributed by atoms with E-state index >= 15 is 0 Å². The topological polar surface area (TPSA) is 75.4 Å². The maximum Gasteiger partial charge on any atom is 0.241 e. The second kappa shape index (κ2) is 6.11. The predicted octanol–water partition coefficient (Wildman–Crippen LogP) is 1.34. The molecule has 1 heterocycles. The van der Waals surface area contributed by atoms with E-state index in [4.69, 9.17) is 5.73 Å². The highest BCUT2D eigenvalue weighted by Crippen LogP contribution is 2.19. The van der Waals surface area contributed by atoms with E-state index in [-0.39, 0.29) is 6.04 Å². The first kappa shape index (κ1) is 15.3. The number of likely N-dealkylation sites (N-methyl/N-ethyl adjacent to an activating group) is 1. The molecule has 1 aliphatic heterocycles. The fraction of sp³-hybridized carbons (Fsp3) is 0.571. The predicted molar refractivity (Wildman–Crippen MR) is 81.0 cm³/mol. The summed E-state index contributed by atoms with van der Waals surface area (Å²) in [6.45, 7) is 6.66. The fourth-order valence-electron chi connectivity index (χ4n) is 2.70. The lowest BCUT2D eigenvalue weighted by Gasteiger charge is -2.32. The second-order valence-electron chi connectivity index (χ2n) is 5.38. The molecular weight excluding hydrogens is 274 g/mol. The first-order chi connectivity index (χ1) is 9.42. The number of hydrogen-bond acceptors (Lipinski definition) is 4. The molecule has 1 aliphatic rings. The van der Waals surface area contributed by atoms with Crippen LogP contribution in [-0.2, 0) is 10.0 Å². The Morgan fingerprint density at radius 3 is 2.85 bits per heavy atom. The molecule has 3 N–H and O–H groups in total. The number of rotatable bonds is 4. The van der Waals surface area contributed by atoms with E-state index in [0.29, 0.717) is 16.1 Å². The van der Waals surface area contributed by atoms with Crippen LogP contribution in [0.4, 0.5) is 5.69 Å². The van der Waals surface area contributed by atoms with Crippen molar-refractivity contribution in [1.29, 1.82) is 0 Å². The quantitative estimate of drug-likeness (QED) is 0.822. The highest BCUT2D eigenvalue weighted by Gasteiger charge is 2.25. The van der Waals surface area contributed by atoms with Crippen molar-refractivity contribution in [2.75, 3.05) is 25.4 Å². The van der Waals surface area contributed by atoms with E-state index in [1.54, 1.807) is 25.1 Å². The number of hydrogen-bond donors (Lipinski definition) is 2. The molecule has 0 aromatic heterocycles. The van der Waals surface area contributed by atoms with Gasteiger partial charge in [0.25, 0.3) is 0 Å². The number of likely N-dealkylation sites (tertiary alicyclic amines) is 1. The Kier molecular flexibility index (Phi) is 4.67. The molecule has 1 unspecified atom stereocenters. The molecule has 1 fully saturated rings. The molecule has 5 nitrogen and oxygen atoms in total. The molecule has 112 valence electrons. The number of nitrogens with one attached hydrogen (secondary N) is 1. The zero-order valence-electron chi connectivity index (χ0n) is 12.1. The van der Waals surface area contributed by atoms with E-state index in [1.807, 2.05) is 0 Å². The Morgan fingerprint density at radius 1 is 1.45 bits per heavy atom. The lowest BCUT2D eigenvalue weighted by molar-refractivity contribution is 0.211. The first-order valence-electron chi connectivity index (χ1n) is 7.03. The van der Waals surface area contributed by atoms with Crippen molar-refractivity contribution in [2.45, 2.75) is 37.6 Å². The molecule has 0 saturated carbocycles. The van der Waals surface area contributed by atoms with Crippen molar-refractivity contribution in [1.82, 2.24) is 9.62 Å². The van der Waals surface area contributed by atoms with Gasteiger partial charge in [-0.1, -0.05) is 6.92 Å². The summed E-state index contributed by atoms with van der Waals surface area (Å²) in [6.07, 6.45) is 1.92. The van der Waals surface area contributed by atoms with Crippen LogP contribution in [0.5, 0.6) is 0 Å². The molecule has 1 saturated heterocycles. The van der Waals surface area contributed by atoms with Crippen LogP contribution in [0.3, 0.4) is 0 Å². The van der Waals surface area contributed by atoms with Crippen LogP contribution >= 0.6 is 0 Å². The molecule has 0 bridgehead atoms. The van der Waals surface area contributed by atoms with Crippen LogP contribution in [0.15, 0.2) is 23.1 Å². The monoisotopic (exact) mass is 297 g/mol. The lowest BCUT2D eigenvalue weighted by atomic mass is 10.1. The number of nitrogen functional groups attached to an aromatic ring is 1. The van der Waals surface area contributed by atoms with Crippen molar-refractivity contribution in [3.05, 3.63) is 23.8 Å². The van der Waals surface area contributed by atoms with Crippen molar-refractivity contribution < 1.29 is 8.42 Å². The summed E-state index contributed by atoms with van der Waals surface area (Å²) < 4.78 is 27.7. The van der Waals surface area contributed by atoms with Gasteiger partial charge in [0.05, 0.1) is 4.90 Å². The van der Waals surface area contributed by atoms with Crippen LogP contribution in [0.1, 0.15) is 25.3 Å².